The number of nitriles is 1. The van der Waals surface area contributed by atoms with Crippen molar-refractivity contribution in [2.45, 2.75) is 45.6 Å². The fourth-order valence-electron chi connectivity index (χ4n) is 4.33. The van der Waals surface area contributed by atoms with Gasteiger partial charge in [0.1, 0.15) is 11.9 Å². The first-order chi connectivity index (χ1) is 16.1. The van der Waals surface area contributed by atoms with Gasteiger partial charge in [0.15, 0.2) is 17.3 Å². The van der Waals surface area contributed by atoms with Crippen molar-refractivity contribution in [3.05, 3.63) is 29.5 Å². The minimum absolute atomic E-state index is 0.0267. The van der Waals surface area contributed by atoms with E-state index in [1.54, 1.807) is 0 Å². The van der Waals surface area contributed by atoms with Crippen LogP contribution in [0.1, 0.15) is 50.0 Å². The summed E-state index contributed by atoms with van der Waals surface area (Å²) in [6.07, 6.45) is 0.988. The van der Waals surface area contributed by atoms with Gasteiger partial charge in [0.05, 0.1) is 24.4 Å². The zero-order valence-electron chi connectivity index (χ0n) is 19.3. The van der Waals surface area contributed by atoms with E-state index in [0.717, 1.165) is 0 Å². The zero-order chi connectivity index (χ0) is 25.0. The number of H-pyrrole nitrogens is 1. The fourth-order valence-corrected chi connectivity index (χ4v) is 4.33. The molecule has 34 heavy (non-hydrogen) atoms. The maximum Gasteiger partial charge on any atom is 0.224 e. The van der Waals surface area contributed by atoms with Crippen LogP contribution in [0.25, 0.3) is 10.9 Å². The van der Waals surface area contributed by atoms with Crippen molar-refractivity contribution in [1.29, 1.82) is 5.26 Å². The van der Waals surface area contributed by atoms with Gasteiger partial charge in [-0.2, -0.15) is 5.26 Å². The molecule has 1 aromatic heterocycles. The molecule has 1 aliphatic heterocycles. The molecule has 0 bridgehead atoms. The standard InChI is InChI=1S/C24H28F2N4O4/c1-12(2)6-14(24(33)29-15(11-27)7-13-4-5-28-23(13)32)8-20(31)19-9-16-21(30-19)17(25)10-18(26)22(16)34-3/h9-10,12-15,30H,4-8H2,1-3H3,(H,28,32)(H,29,33)/t13-,14+,15-/m0/s1. The number of aromatic amines is 1. The van der Waals surface area contributed by atoms with Gasteiger partial charge < -0.3 is 20.4 Å². The number of halogens is 2. The zero-order valence-corrected chi connectivity index (χ0v) is 19.3. The highest BCUT2D eigenvalue weighted by molar-refractivity contribution is 6.02. The normalized spacial score (nSPS) is 17.3. The second-order valence-corrected chi connectivity index (χ2v) is 9.00. The average molecular weight is 475 g/mol. The van der Waals surface area contributed by atoms with E-state index in [0.29, 0.717) is 25.5 Å². The van der Waals surface area contributed by atoms with Gasteiger partial charge in [-0.25, -0.2) is 8.78 Å². The van der Waals surface area contributed by atoms with Crippen LogP contribution in [-0.4, -0.2) is 42.3 Å². The molecule has 0 aliphatic carbocycles. The minimum atomic E-state index is -0.888. The van der Waals surface area contributed by atoms with Crippen molar-refractivity contribution in [3.8, 4) is 11.8 Å². The molecule has 0 saturated carbocycles. The van der Waals surface area contributed by atoms with Crippen LogP contribution in [0, 0.1) is 40.7 Å². The molecule has 0 spiro atoms. The Balaban J connectivity index is 1.77. The molecular weight excluding hydrogens is 446 g/mol. The van der Waals surface area contributed by atoms with Crippen molar-refractivity contribution < 1.29 is 27.9 Å². The Hall–Kier alpha value is -3.48. The number of hydrogen-bond donors (Lipinski definition) is 3. The number of aromatic nitrogens is 1. The summed E-state index contributed by atoms with van der Waals surface area (Å²) < 4.78 is 33.2. The van der Waals surface area contributed by atoms with Gasteiger partial charge in [0.25, 0.3) is 0 Å². The van der Waals surface area contributed by atoms with E-state index in [-0.39, 0.29) is 52.9 Å². The molecule has 0 unspecified atom stereocenters. The monoisotopic (exact) mass is 474 g/mol. The van der Waals surface area contributed by atoms with Crippen molar-refractivity contribution in [3.63, 3.8) is 0 Å². The first kappa shape index (κ1) is 25.1. The van der Waals surface area contributed by atoms with Crippen LogP contribution in [0.3, 0.4) is 0 Å². The molecule has 1 aromatic carbocycles. The second-order valence-electron chi connectivity index (χ2n) is 9.00. The molecule has 2 aromatic rings. The Morgan fingerprint density at radius 1 is 1.29 bits per heavy atom. The van der Waals surface area contributed by atoms with E-state index in [4.69, 9.17) is 4.74 Å². The van der Waals surface area contributed by atoms with Gasteiger partial charge in [-0.05, 0) is 31.2 Å². The average Bonchev–Trinajstić information content (AvgIpc) is 3.39. The van der Waals surface area contributed by atoms with Gasteiger partial charge in [0, 0.05) is 36.3 Å². The maximum absolute atomic E-state index is 14.2. The number of methoxy groups -OCH3 is 1. The Kier molecular flexibility index (Phi) is 7.87. The van der Waals surface area contributed by atoms with E-state index in [1.807, 2.05) is 19.9 Å². The summed E-state index contributed by atoms with van der Waals surface area (Å²) >= 11 is 0. The van der Waals surface area contributed by atoms with Crippen molar-refractivity contribution in [2.75, 3.05) is 13.7 Å². The number of Topliss-reactive ketones (excluding diaryl/α,β-unsaturated/α-hetero) is 1. The number of carbonyl (C=O) groups is 3. The van der Waals surface area contributed by atoms with Crippen LogP contribution in [0.5, 0.6) is 5.75 Å². The van der Waals surface area contributed by atoms with E-state index < -0.39 is 35.3 Å². The highest BCUT2D eigenvalue weighted by atomic mass is 19.1. The lowest BCUT2D eigenvalue weighted by atomic mass is 9.90. The summed E-state index contributed by atoms with van der Waals surface area (Å²) in [4.78, 5) is 40.5. The Morgan fingerprint density at radius 3 is 2.62 bits per heavy atom. The largest absolute Gasteiger partial charge is 0.493 e. The molecule has 182 valence electrons. The smallest absolute Gasteiger partial charge is 0.224 e. The number of hydrogen-bond acceptors (Lipinski definition) is 5. The minimum Gasteiger partial charge on any atom is -0.493 e. The summed E-state index contributed by atoms with van der Waals surface area (Å²) in [5, 5.41) is 14.9. The second kappa shape index (κ2) is 10.6. The summed E-state index contributed by atoms with van der Waals surface area (Å²) in [6, 6.07) is 3.14. The highest BCUT2D eigenvalue weighted by Gasteiger charge is 2.31. The van der Waals surface area contributed by atoms with E-state index >= 15 is 0 Å². The number of carbonyl (C=O) groups excluding carboxylic acids is 3. The lowest BCUT2D eigenvalue weighted by Crippen LogP contribution is -2.41. The Labute approximate surface area is 196 Å². The van der Waals surface area contributed by atoms with Gasteiger partial charge in [-0.1, -0.05) is 13.8 Å². The molecule has 8 nitrogen and oxygen atoms in total. The van der Waals surface area contributed by atoms with Crippen LogP contribution in [-0.2, 0) is 9.59 Å². The molecule has 0 radical (unpaired) electrons. The third kappa shape index (κ3) is 5.53. The van der Waals surface area contributed by atoms with Gasteiger partial charge in [-0.15, -0.1) is 0 Å². The number of rotatable bonds is 10. The molecule has 3 atom stereocenters. The molecule has 3 N–H and O–H groups in total. The van der Waals surface area contributed by atoms with E-state index in [1.165, 1.54) is 13.2 Å². The van der Waals surface area contributed by atoms with Crippen molar-refractivity contribution >= 4 is 28.5 Å². The summed E-state index contributed by atoms with van der Waals surface area (Å²) in [6.45, 7) is 4.35. The summed E-state index contributed by atoms with van der Waals surface area (Å²) in [5.41, 5.74) is -0.0374. The number of ketones is 1. The van der Waals surface area contributed by atoms with E-state index in [2.05, 4.69) is 15.6 Å². The quantitative estimate of drug-likeness (QED) is 0.456. The van der Waals surface area contributed by atoms with Crippen LogP contribution < -0.4 is 15.4 Å². The molecule has 1 fully saturated rings. The van der Waals surface area contributed by atoms with Crippen LogP contribution in [0.15, 0.2) is 12.1 Å². The third-order valence-corrected chi connectivity index (χ3v) is 5.99. The number of benzene rings is 1. The molecule has 1 aliphatic rings. The van der Waals surface area contributed by atoms with Gasteiger partial charge >= 0.3 is 0 Å². The number of nitrogens with one attached hydrogen (secondary N) is 3. The molecule has 3 rings (SSSR count). The van der Waals surface area contributed by atoms with Crippen LogP contribution in [0.4, 0.5) is 8.78 Å². The number of ether oxygens (including phenoxy) is 1. The number of nitrogens with zero attached hydrogens (tertiary/aromatic N) is 1. The van der Waals surface area contributed by atoms with Crippen molar-refractivity contribution in [2.24, 2.45) is 17.8 Å². The first-order valence-electron chi connectivity index (χ1n) is 11.2. The van der Waals surface area contributed by atoms with Crippen LogP contribution in [0.2, 0.25) is 0 Å². The Bertz CT molecular complexity index is 1140. The Morgan fingerprint density at radius 2 is 2.03 bits per heavy atom. The predicted molar refractivity (Wildman–Crippen MR) is 120 cm³/mol. The highest BCUT2D eigenvalue weighted by Crippen LogP contribution is 2.32. The third-order valence-electron chi connectivity index (χ3n) is 5.99. The molecule has 2 heterocycles. The summed E-state index contributed by atoms with van der Waals surface area (Å²) in [7, 11) is 1.24. The first-order valence-corrected chi connectivity index (χ1v) is 11.2. The van der Waals surface area contributed by atoms with E-state index in [9.17, 15) is 28.4 Å². The molecular formula is C24H28F2N4O4. The SMILES string of the molecule is COc1c(F)cc(F)c2[nH]c(C(=O)C[C@@H](CC(C)C)C(=O)N[C@H](C#N)C[C@@H]3CCNC3=O)cc12. The van der Waals surface area contributed by atoms with Gasteiger partial charge in [0.2, 0.25) is 11.8 Å². The molecule has 1 saturated heterocycles. The van der Waals surface area contributed by atoms with Crippen LogP contribution >= 0.6 is 0 Å². The molecule has 2 amide bonds. The topological polar surface area (TPSA) is 124 Å². The lowest BCUT2D eigenvalue weighted by molar-refractivity contribution is -0.127. The summed E-state index contributed by atoms with van der Waals surface area (Å²) in [5.74, 6) is -3.99. The molecule has 10 heteroatoms. The predicted octanol–water partition coefficient (Wildman–Crippen LogP) is 3.22. The fraction of sp³-hybridized carbons (Fsp3) is 0.500. The lowest BCUT2D eigenvalue weighted by Gasteiger charge is -2.21. The number of amides is 2. The van der Waals surface area contributed by atoms with Crippen molar-refractivity contribution in [1.82, 2.24) is 15.6 Å². The number of fused-ring (bicyclic) bond motifs is 1. The van der Waals surface area contributed by atoms with Gasteiger partial charge in [-0.3, -0.25) is 14.4 Å². The maximum atomic E-state index is 14.2.